The van der Waals surface area contributed by atoms with Gasteiger partial charge in [-0.05, 0) is 18.4 Å². The zero-order valence-electron chi connectivity index (χ0n) is 16.6. The van der Waals surface area contributed by atoms with Gasteiger partial charge in [-0.3, -0.25) is 9.67 Å². The predicted octanol–water partition coefficient (Wildman–Crippen LogP) is 2.54. The molecule has 1 unspecified atom stereocenters. The molecule has 8 nitrogen and oxygen atoms in total. The Kier molecular flexibility index (Phi) is 8.06. The molecule has 0 aliphatic carbocycles. The van der Waals surface area contributed by atoms with Crippen molar-refractivity contribution in [1.29, 1.82) is 0 Å². The predicted molar refractivity (Wildman–Crippen MR) is 116 cm³/mol. The van der Waals surface area contributed by atoms with E-state index in [1.54, 1.807) is 0 Å². The van der Waals surface area contributed by atoms with Crippen molar-refractivity contribution in [3.05, 3.63) is 29.7 Å². The SMILES string of the molecule is CN=C(NCCCc1nc(C(C)C)no1)N1CCC(c2cnn(C)c2)C1.I. The van der Waals surface area contributed by atoms with Crippen LogP contribution in [-0.2, 0) is 13.5 Å². The van der Waals surface area contributed by atoms with Crippen LogP contribution in [0.2, 0.25) is 0 Å². The highest BCUT2D eigenvalue weighted by Crippen LogP contribution is 2.26. The standard InChI is InChI=1S/C18H29N7O.HI/c1-13(2)17-22-16(26-23-17)6-5-8-20-18(19-3)25-9-7-14(12-25)15-10-21-24(4)11-15;/h10-11,13-14H,5-9,12H2,1-4H3,(H,19,20);1H. The fourth-order valence-corrected chi connectivity index (χ4v) is 3.25. The van der Waals surface area contributed by atoms with Gasteiger partial charge in [-0.2, -0.15) is 10.1 Å². The lowest BCUT2D eigenvalue weighted by Crippen LogP contribution is -2.40. The summed E-state index contributed by atoms with van der Waals surface area (Å²) in [4.78, 5) is 11.2. The van der Waals surface area contributed by atoms with E-state index < -0.39 is 0 Å². The van der Waals surface area contributed by atoms with E-state index >= 15 is 0 Å². The minimum absolute atomic E-state index is 0. The van der Waals surface area contributed by atoms with Crippen LogP contribution in [0.15, 0.2) is 21.9 Å². The van der Waals surface area contributed by atoms with Gasteiger partial charge in [0.05, 0.1) is 6.20 Å². The van der Waals surface area contributed by atoms with Gasteiger partial charge in [0.1, 0.15) is 0 Å². The smallest absolute Gasteiger partial charge is 0.226 e. The molecule has 3 rings (SSSR count). The number of hydrogen-bond donors (Lipinski definition) is 1. The second kappa shape index (κ2) is 10.0. The molecule has 9 heteroatoms. The molecule has 2 aromatic heterocycles. The third-order valence-electron chi connectivity index (χ3n) is 4.75. The zero-order chi connectivity index (χ0) is 18.5. The lowest BCUT2D eigenvalue weighted by molar-refractivity contribution is 0.368. The van der Waals surface area contributed by atoms with Gasteiger partial charge >= 0.3 is 0 Å². The van der Waals surface area contributed by atoms with Gasteiger partial charge in [-0.15, -0.1) is 24.0 Å². The fraction of sp³-hybridized carbons (Fsp3) is 0.667. The monoisotopic (exact) mass is 487 g/mol. The van der Waals surface area contributed by atoms with E-state index in [-0.39, 0.29) is 24.0 Å². The molecule has 0 aromatic carbocycles. The molecule has 1 N–H and O–H groups in total. The summed E-state index contributed by atoms with van der Waals surface area (Å²) in [6.45, 7) is 6.96. The highest BCUT2D eigenvalue weighted by molar-refractivity contribution is 14.0. The Hall–Kier alpha value is -1.65. The number of nitrogens with zero attached hydrogens (tertiary/aromatic N) is 6. The van der Waals surface area contributed by atoms with Crippen LogP contribution in [0.1, 0.15) is 55.8 Å². The van der Waals surface area contributed by atoms with Crippen LogP contribution < -0.4 is 5.32 Å². The first-order chi connectivity index (χ1) is 12.6. The maximum absolute atomic E-state index is 5.29. The minimum Gasteiger partial charge on any atom is -0.356 e. The average Bonchev–Trinajstić information content (AvgIpc) is 3.34. The number of aromatic nitrogens is 4. The van der Waals surface area contributed by atoms with Gasteiger partial charge in [-0.25, -0.2) is 0 Å². The van der Waals surface area contributed by atoms with Crippen molar-refractivity contribution in [1.82, 2.24) is 30.1 Å². The van der Waals surface area contributed by atoms with Crippen molar-refractivity contribution >= 4 is 29.9 Å². The minimum atomic E-state index is 0. The Morgan fingerprint density at radius 2 is 2.26 bits per heavy atom. The molecule has 0 radical (unpaired) electrons. The summed E-state index contributed by atoms with van der Waals surface area (Å²) in [5.74, 6) is 3.28. The van der Waals surface area contributed by atoms with Crippen LogP contribution in [-0.4, -0.2) is 57.5 Å². The molecule has 1 atom stereocenters. The van der Waals surface area contributed by atoms with E-state index in [4.69, 9.17) is 4.52 Å². The van der Waals surface area contributed by atoms with Gasteiger partial charge in [-0.1, -0.05) is 19.0 Å². The van der Waals surface area contributed by atoms with Crippen molar-refractivity contribution in [2.24, 2.45) is 12.0 Å². The summed E-state index contributed by atoms with van der Waals surface area (Å²) < 4.78 is 7.16. The Morgan fingerprint density at radius 3 is 2.89 bits per heavy atom. The number of halogens is 1. The summed E-state index contributed by atoms with van der Waals surface area (Å²) >= 11 is 0. The number of guanidine groups is 1. The van der Waals surface area contributed by atoms with Crippen LogP contribution >= 0.6 is 24.0 Å². The molecule has 150 valence electrons. The van der Waals surface area contributed by atoms with Crippen LogP contribution in [0, 0.1) is 0 Å². The van der Waals surface area contributed by atoms with Crippen molar-refractivity contribution in [2.45, 2.75) is 44.9 Å². The molecule has 2 aromatic rings. The largest absolute Gasteiger partial charge is 0.356 e. The van der Waals surface area contributed by atoms with Crippen molar-refractivity contribution in [3.8, 4) is 0 Å². The molecule has 27 heavy (non-hydrogen) atoms. The molecule has 0 amide bonds. The number of rotatable bonds is 6. The summed E-state index contributed by atoms with van der Waals surface area (Å²) in [7, 11) is 3.80. The summed E-state index contributed by atoms with van der Waals surface area (Å²) in [6.07, 6.45) is 6.92. The van der Waals surface area contributed by atoms with Crippen LogP contribution in [0.3, 0.4) is 0 Å². The first-order valence-corrected chi connectivity index (χ1v) is 9.33. The quantitative estimate of drug-likeness (QED) is 0.292. The molecule has 3 heterocycles. The van der Waals surface area contributed by atoms with E-state index in [1.165, 1.54) is 5.56 Å². The molecule has 1 fully saturated rings. The summed E-state index contributed by atoms with van der Waals surface area (Å²) in [5, 5.41) is 11.7. The van der Waals surface area contributed by atoms with E-state index in [0.717, 1.165) is 50.7 Å². The maximum Gasteiger partial charge on any atom is 0.226 e. The number of aliphatic imine (C=N–C) groups is 1. The Balaban J connectivity index is 0.00000261. The fourth-order valence-electron chi connectivity index (χ4n) is 3.25. The van der Waals surface area contributed by atoms with E-state index in [1.807, 2.05) is 25.0 Å². The van der Waals surface area contributed by atoms with Crippen molar-refractivity contribution < 1.29 is 4.52 Å². The van der Waals surface area contributed by atoms with Crippen LogP contribution in [0.4, 0.5) is 0 Å². The van der Waals surface area contributed by atoms with Gasteiger partial charge < -0.3 is 14.7 Å². The van der Waals surface area contributed by atoms with Gasteiger partial charge in [0.25, 0.3) is 0 Å². The molecule has 0 spiro atoms. The van der Waals surface area contributed by atoms with E-state index in [0.29, 0.717) is 17.7 Å². The number of aryl methyl sites for hydroxylation is 2. The Labute approximate surface area is 177 Å². The highest BCUT2D eigenvalue weighted by Gasteiger charge is 2.26. The highest BCUT2D eigenvalue weighted by atomic mass is 127. The number of likely N-dealkylation sites (tertiary alicyclic amines) is 1. The molecule has 1 aliphatic rings. The van der Waals surface area contributed by atoms with Crippen molar-refractivity contribution in [2.75, 3.05) is 26.7 Å². The maximum atomic E-state index is 5.29. The lowest BCUT2D eigenvalue weighted by Gasteiger charge is -2.21. The normalized spacial score (nSPS) is 17.4. The molecule has 1 saturated heterocycles. The first-order valence-electron chi connectivity index (χ1n) is 9.33. The zero-order valence-corrected chi connectivity index (χ0v) is 18.9. The molecule has 0 bridgehead atoms. The lowest BCUT2D eigenvalue weighted by atomic mass is 10.0. The average molecular weight is 487 g/mol. The van der Waals surface area contributed by atoms with Gasteiger partial charge in [0, 0.05) is 58.2 Å². The van der Waals surface area contributed by atoms with Gasteiger partial charge in [0.2, 0.25) is 5.89 Å². The van der Waals surface area contributed by atoms with Crippen LogP contribution in [0.25, 0.3) is 0 Å². The van der Waals surface area contributed by atoms with Crippen LogP contribution in [0.5, 0.6) is 0 Å². The van der Waals surface area contributed by atoms with Gasteiger partial charge in [0.15, 0.2) is 11.8 Å². The first kappa shape index (κ1) is 21.6. The Morgan fingerprint density at radius 1 is 1.44 bits per heavy atom. The molecular weight excluding hydrogens is 457 g/mol. The second-order valence-electron chi connectivity index (χ2n) is 7.16. The third-order valence-corrected chi connectivity index (χ3v) is 4.75. The topological polar surface area (TPSA) is 84.4 Å². The number of hydrogen-bond acceptors (Lipinski definition) is 5. The van der Waals surface area contributed by atoms with E-state index in [2.05, 4.69) is 50.5 Å². The second-order valence-corrected chi connectivity index (χ2v) is 7.16. The summed E-state index contributed by atoms with van der Waals surface area (Å²) in [6, 6.07) is 0. The molecular formula is C18H30IN7O. The number of nitrogens with one attached hydrogen (secondary N) is 1. The molecule has 0 saturated carbocycles. The van der Waals surface area contributed by atoms with Crippen molar-refractivity contribution in [3.63, 3.8) is 0 Å². The van der Waals surface area contributed by atoms with E-state index in [9.17, 15) is 0 Å². The summed E-state index contributed by atoms with van der Waals surface area (Å²) in [5.41, 5.74) is 1.31. The Bertz CT molecular complexity index is 740. The molecule has 1 aliphatic heterocycles. The third kappa shape index (κ3) is 5.66.